The summed E-state index contributed by atoms with van der Waals surface area (Å²) < 4.78 is 0. The molecule has 1 aliphatic carbocycles. The van der Waals surface area contributed by atoms with Crippen molar-refractivity contribution in [2.75, 3.05) is 91.6 Å². The van der Waals surface area contributed by atoms with E-state index in [4.69, 9.17) is 0 Å². The number of nitrogens with one attached hydrogen (secondary N) is 1. The number of hydrogen-bond donors (Lipinski definition) is 2. The van der Waals surface area contributed by atoms with Gasteiger partial charge in [0.25, 0.3) is 0 Å². The predicted octanol–water partition coefficient (Wildman–Crippen LogP) is -5.01. The smallest absolute Gasteiger partial charge is 0.0791 e. The highest BCUT2D eigenvalue weighted by atomic mass is 16.4. The van der Waals surface area contributed by atoms with E-state index in [1.54, 1.807) is 14.7 Å². The average molecular weight is 513 g/mol. The highest BCUT2D eigenvalue weighted by Gasteiger charge is 2.19. The van der Waals surface area contributed by atoms with Crippen molar-refractivity contribution in [3.63, 3.8) is 0 Å². The second kappa shape index (κ2) is 16.8. The third-order valence-corrected chi connectivity index (χ3v) is 6.99. The molecule has 0 bridgehead atoms. The van der Waals surface area contributed by atoms with E-state index >= 15 is 0 Å². The van der Waals surface area contributed by atoms with Gasteiger partial charge in [0.15, 0.2) is 0 Å². The van der Waals surface area contributed by atoms with E-state index in [1.165, 1.54) is 32.1 Å². The molecular weight excluding hydrogens is 470 g/mol. The van der Waals surface area contributed by atoms with Gasteiger partial charge in [-0.1, -0.05) is 19.3 Å². The lowest BCUT2D eigenvalue weighted by atomic mass is 9.89. The molecule has 1 aliphatic heterocycles. The van der Waals surface area contributed by atoms with Crippen LogP contribution in [0.2, 0.25) is 0 Å². The van der Waals surface area contributed by atoms with Crippen molar-refractivity contribution in [2.45, 2.75) is 38.2 Å². The zero-order valence-corrected chi connectivity index (χ0v) is 21.3. The van der Waals surface area contributed by atoms with E-state index in [2.05, 4.69) is 5.32 Å². The van der Waals surface area contributed by atoms with Gasteiger partial charge in [-0.2, -0.15) is 0 Å². The second-order valence-corrected chi connectivity index (χ2v) is 10.1. The molecule has 12 heteroatoms. The van der Waals surface area contributed by atoms with Gasteiger partial charge in [0.05, 0.1) is 24.0 Å². The van der Waals surface area contributed by atoms with Crippen LogP contribution in [0.3, 0.4) is 0 Å². The third-order valence-electron chi connectivity index (χ3n) is 6.99. The monoisotopic (exact) mass is 512 g/mol. The Morgan fingerprint density at radius 3 is 1.47 bits per heavy atom. The molecule has 1 heterocycles. The lowest BCUT2D eigenvalue weighted by Crippen LogP contribution is -2.52. The van der Waals surface area contributed by atoms with Gasteiger partial charge in [-0.3, -0.25) is 19.6 Å². The number of aliphatic carboxylic acids is 3. The molecule has 2 aliphatic rings. The maximum absolute atomic E-state index is 11.3. The summed E-state index contributed by atoms with van der Waals surface area (Å²) in [6.07, 6.45) is 5.64. The Morgan fingerprint density at radius 1 is 0.694 bits per heavy atom. The van der Waals surface area contributed by atoms with Crippen LogP contribution in [0.25, 0.3) is 0 Å². The van der Waals surface area contributed by atoms with Crippen molar-refractivity contribution in [3.05, 3.63) is 0 Å². The largest absolute Gasteiger partial charge is 0.549 e. The van der Waals surface area contributed by atoms with Crippen molar-refractivity contribution < 1.29 is 34.8 Å². The Morgan fingerprint density at radius 2 is 1.08 bits per heavy atom. The van der Waals surface area contributed by atoms with Crippen LogP contribution in [0.4, 0.5) is 0 Å². The molecule has 208 valence electrons. The summed E-state index contributed by atoms with van der Waals surface area (Å²) in [6, 6.07) is 0. The topological polar surface area (TPSA) is 166 Å². The molecule has 0 radical (unpaired) electrons. The molecule has 1 unspecified atom stereocenters. The van der Waals surface area contributed by atoms with Crippen molar-refractivity contribution >= 4 is 17.9 Å². The first-order valence-corrected chi connectivity index (χ1v) is 13.1. The summed E-state index contributed by atoms with van der Waals surface area (Å²) in [7, 11) is 0. The van der Waals surface area contributed by atoms with Crippen LogP contribution < -0.4 is 20.6 Å². The molecule has 0 aromatic heterocycles. The fourth-order valence-electron chi connectivity index (χ4n) is 4.99. The van der Waals surface area contributed by atoms with Gasteiger partial charge in [-0.05, 0) is 25.3 Å². The first kappa shape index (κ1) is 30.4. The van der Waals surface area contributed by atoms with Crippen molar-refractivity contribution in [1.29, 1.82) is 0 Å². The second-order valence-electron chi connectivity index (χ2n) is 10.1. The molecule has 12 nitrogen and oxygen atoms in total. The summed E-state index contributed by atoms with van der Waals surface area (Å²) >= 11 is 0. The van der Waals surface area contributed by atoms with E-state index in [0.29, 0.717) is 58.3 Å². The van der Waals surface area contributed by atoms with Gasteiger partial charge in [-0.25, -0.2) is 0 Å². The minimum absolute atomic E-state index is 0.282. The zero-order valence-electron chi connectivity index (χ0n) is 21.3. The Labute approximate surface area is 213 Å². The number of rotatable bonds is 12. The number of carboxylic acids is 3. The molecular formula is C24H42N5O7-3. The summed E-state index contributed by atoms with van der Waals surface area (Å²) in [4.78, 5) is 40.7. The normalized spacial score (nSPS) is 21.9. The van der Waals surface area contributed by atoms with Gasteiger partial charge in [0.1, 0.15) is 0 Å². The SMILES string of the molecule is O=C([O-])CN1CCN(CC(=O)[O-])CCN(CC(O)CNCC2CCCCC2)CCN(CC(=O)[O-])CC1. The highest BCUT2D eigenvalue weighted by molar-refractivity contribution is 5.67. The number of hydrogen-bond acceptors (Lipinski definition) is 12. The van der Waals surface area contributed by atoms with Crippen LogP contribution in [-0.2, 0) is 14.4 Å². The fourth-order valence-corrected chi connectivity index (χ4v) is 4.99. The average Bonchev–Trinajstić information content (AvgIpc) is 2.80. The molecule has 2 fully saturated rings. The van der Waals surface area contributed by atoms with Crippen molar-refractivity contribution in [2.24, 2.45) is 5.92 Å². The lowest BCUT2D eigenvalue weighted by Gasteiger charge is -2.35. The molecule has 1 saturated carbocycles. The van der Waals surface area contributed by atoms with Gasteiger partial charge >= 0.3 is 0 Å². The van der Waals surface area contributed by atoms with Crippen LogP contribution in [0, 0.1) is 5.92 Å². The minimum Gasteiger partial charge on any atom is -0.549 e. The number of carbonyl (C=O) groups is 3. The maximum atomic E-state index is 11.3. The Bertz CT molecular complexity index is 645. The number of aliphatic hydroxyl groups is 1. The Balaban J connectivity index is 1.97. The van der Waals surface area contributed by atoms with Crippen LogP contribution >= 0.6 is 0 Å². The number of β-amino-alcohol motifs (C(OH)–C–C–N with tert-alkyl or cyclic N) is 1. The van der Waals surface area contributed by atoms with E-state index in [9.17, 15) is 34.8 Å². The molecule has 0 amide bonds. The molecule has 0 spiro atoms. The molecule has 2 rings (SSSR count). The number of aliphatic hydroxyl groups excluding tert-OH is 1. The van der Waals surface area contributed by atoms with Gasteiger partial charge in [0, 0.05) is 85.1 Å². The van der Waals surface area contributed by atoms with E-state index in [-0.39, 0.29) is 32.7 Å². The van der Waals surface area contributed by atoms with Gasteiger partial charge in [-0.15, -0.1) is 0 Å². The van der Waals surface area contributed by atoms with Crippen molar-refractivity contribution in [3.8, 4) is 0 Å². The molecule has 2 N–H and O–H groups in total. The first-order chi connectivity index (χ1) is 17.2. The number of carboxylic acid groups (broad SMARTS) is 3. The molecule has 36 heavy (non-hydrogen) atoms. The van der Waals surface area contributed by atoms with E-state index in [0.717, 1.165) is 6.54 Å². The summed E-state index contributed by atoms with van der Waals surface area (Å²) in [5.74, 6) is -3.03. The predicted molar refractivity (Wildman–Crippen MR) is 126 cm³/mol. The zero-order chi connectivity index (χ0) is 26.3. The molecule has 1 saturated heterocycles. The third kappa shape index (κ3) is 13.5. The highest BCUT2D eigenvalue weighted by Crippen LogP contribution is 2.22. The summed E-state index contributed by atoms with van der Waals surface area (Å²) in [5.41, 5.74) is 0. The first-order valence-electron chi connectivity index (χ1n) is 13.1. The van der Waals surface area contributed by atoms with Crippen LogP contribution in [0.15, 0.2) is 0 Å². The Hall–Kier alpha value is -1.83. The quantitative estimate of drug-likeness (QED) is 0.256. The van der Waals surface area contributed by atoms with Crippen LogP contribution in [0.1, 0.15) is 32.1 Å². The lowest BCUT2D eigenvalue weighted by molar-refractivity contribution is -0.308. The minimum atomic E-state index is -1.25. The van der Waals surface area contributed by atoms with Gasteiger partial charge < -0.3 is 40.1 Å². The molecule has 0 aromatic rings. The van der Waals surface area contributed by atoms with Crippen LogP contribution in [-0.4, -0.2) is 140 Å². The summed E-state index contributed by atoms with van der Waals surface area (Å²) in [5, 5.41) is 47.7. The maximum Gasteiger partial charge on any atom is 0.0791 e. The van der Waals surface area contributed by atoms with Crippen molar-refractivity contribution in [1.82, 2.24) is 24.9 Å². The molecule has 1 atom stereocenters. The Kier molecular flexibility index (Phi) is 14.2. The van der Waals surface area contributed by atoms with Gasteiger partial charge in [0.2, 0.25) is 0 Å². The molecule has 0 aromatic carbocycles. The number of nitrogens with zero attached hydrogens (tertiary/aromatic N) is 4. The van der Waals surface area contributed by atoms with E-state index < -0.39 is 24.0 Å². The number of carbonyl (C=O) groups excluding carboxylic acids is 3. The van der Waals surface area contributed by atoms with E-state index in [1.807, 2.05) is 4.90 Å². The summed E-state index contributed by atoms with van der Waals surface area (Å²) in [6.45, 7) is 3.70. The standard InChI is InChI=1S/C24H45N5O7/c30-21(15-25-14-20-4-2-1-3-5-20)16-26-6-8-27(17-22(31)32)10-12-29(19-24(35)36)13-11-28(9-7-26)18-23(33)34/h20-21,25,30H,1-19H2,(H,31,32)(H,33,34)(H,35,36)/p-3. The fraction of sp³-hybridized carbons (Fsp3) is 0.875. The van der Waals surface area contributed by atoms with Crippen LogP contribution in [0.5, 0.6) is 0 Å².